The fraction of sp³-hybridized carbons (Fsp3) is 0.261. The number of carbonyl (C=O) groups is 1. The minimum Gasteiger partial charge on any atom is -0.496 e. The summed E-state index contributed by atoms with van der Waals surface area (Å²) in [4.78, 5) is 23.0. The van der Waals surface area contributed by atoms with E-state index in [0.29, 0.717) is 24.1 Å². The lowest BCUT2D eigenvalue weighted by atomic mass is 10.0. The van der Waals surface area contributed by atoms with E-state index in [1.54, 1.807) is 6.07 Å². The summed E-state index contributed by atoms with van der Waals surface area (Å²) in [7, 11) is 1.41. The lowest BCUT2D eigenvalue weighted by Crippen LogP contribution is -2.33. The first-order chi connectivity index (χ1) is 15.4. The Morgan fingerprint density at radius 3 is 2.75 bits per heavy atom. The van der Waals surface area contributed by atoms with Crippen LogP contribution in [0.1, 0.15) is 16.9 Å². The first kappa shape index (κ1) is 21.7. The second-order valence-electron chi connectivity index (χ2n) is 7.64. The number of hydrogen-bond acceptors (Lipinski definition) is 7. The lowest BCUT2D eigenvalue weighted by molar-refractivity contribution is 0.0996. The molecule has 0 saturated carbocycles. The van der Waals surface area contributed by atoms with E-state index in [0.717, 1.165) is 5.69 Å². The van der Waals surface area contributed by atoms with Gasteiger partial charge in [-0.25, -0.2) is 14.4 Å². The Morgan fingerprint density at radius 2 is 2.03 bits per heavy atom. The lowest BCUT2D eigenvalue weighted by Gasteiger charge is -2.28. The maximum atomic E-state index is 14.5. The maximum absolute atomic E-state index is 14.5. The number of nitrogens with two attached hydrogens (primary N) is 2. The summed E-state index contributed by atoms with van der Waals surface area (Å²) >= 11 is 0. The van der Waals surface area contributed by atoms with Crippen molar-refractivity contribution < 1.29 is 19.0 Å². The Balaban J connectivity index is 1.86. The van der Waals surface area contributed by atoms with Gasteiger partial charge in [-0.1, -0.05) is 24.3 Å². The molecule has 1 fully saturated rings. The zero-order chi connectivity index (χ0) is 22.8. The molecule has 1 saturated heterocycles. The third-order valence-corrected chi connectivity index (χ3v) is 5.60. The predicted molar refractivity (Wildman–Crippen MR) is 119 cm³/mol. The molecule has 8 nitrogen and oxygen atoms in total. The number of aliphatic hydroxyl groups excluding tert-OH is 1. The van der Waals surface area contributed by atoms with Crippen LogP contribution in [-0.4, -0.2) is 53.3 Å². The van der Waals surface area contributed by atoms with Gasteiger partial charge in [-0.15, -0.1) is 0 Å². The summed E-state index contributed by atoms with van der Waals surface area (Å²) < 4.78 is 19.8. The summed E-state index contributed by atoms with van der Waals surface area (Å²) in [5, 5.41) is 9.81. The minimum absolute atomic E-state index is 0.00795. The largest absolute Gasteiger partial charge is 0.496 e. The van der Waals surface area contributed by atoms with Gasteiger partial charge in [-0.3, -0.25) is 4.79 Å². The van der Waals surface area contributed by atoms with Crippen LogP contribution in [0.3, 0.4) is 0 Å². The molecule has 32 heavy (non-hydrogen) atoms. The highest BCUT2D eigenvalue weighted by molar-refractivity contribution is 6.00. The van der Waals surface area contributed by atoms with Crippen molar-refractivity contribution in [2.75, 3.05) is 25.2 Å². The van der Waals surface area contributed by atoms with Crippen LogP contribution in [0.25, 0.3) is 22.5 Å². The second-order valence-corrected chi connectivity index (χ2v) is 7.64. The summed E-state index contributed by atoms with van der Waals surface area (Å²) in [6, 6.07) is 11.5. The van der Waals surface area contributed by atoms with Gasteiger partial charge in [0.25, 0.3) is 5.91 Å². The van der Waals surface area contributed by atoms with Crippen LogP contribution in [0, 0.1) is 5.82 Å². The number of ether oxygens (including phenoxy) is 1. The van der Waals surface area contributed by atoms with Crippen LogP contribution >= 0.6 is 0 Å². The number of methoxy groups -OCH3 is 1. The second kappa shape index (κ2) is 8.89. The Kier molecular flexibility index (Phi) is 6.02. The van der Waals surface area contributed by atoms with Crippen molar-refractivity contribution in [2.24, 2.45) is 11.5 Å². The molecule has 5 N–H and O–H groups in total. The normalized spacial score (nSPS) is 18.1. The molecule has 9 heteroatoms. The van der Waals surface area contributed by atoms with Gasteiger partial charge >= 0.3 is 0 Å². The zero-order valence-electron chi connectivity index (χ0n) is 17.5. The predicted octanol–water partition coefficient (Wildman–Crippen LogP) is 1.96. The molecule has 2 atom stereocenters. The van der Waals surface area contributed by atoms with Crippen LogP contribution in [-0.2, 0) is 0 Å². The van der Waals surface area contributed by atoms with Crippen molar-refractivity contribution in [3.63, 3.8) is 0 Å². The van der Waals surface area contributed by atoms with Gasteiger partial charge in [-0.2, -0.15) is 0 Å². The number of aromatic nitrogens is 2. The van der Waals surface area contributed by atoms with E-state index in [1.807, 2.05) is 29.2 Å². The van der Waals surface area contributed by atoms with Crippen LogP contribution in [0.4, 0.5) is 10.1 Å². The number of rotatable bonds is 6. The van der Waals surface area contributed by atoms with Crippen molar-refractivity contribution in [2.45, 2.75) is 18.5 Å². The minimum atomic E-state index is -0.773. The molecule has 0 bridgehead atoms. The van der Waals surface area contributed by atoms with E-state index in [1.165, 1.54) is 25.4 Å². The van der Waals surface area contributed by atoms with Crippen LogP contribution in [0.5, 0.6) is 5.75 Å². The molecule has 2 heterocycles. The Morgan fingerprint density at radius 1 is 1.25 bits per heavy atom. The van der Waals surface area contributed by atoms with Gasteiger partial charge in [0.1, 0.15) is 17.3 Å². The Bertz CT molecular complexity index is 1160. The van der Waals surface area contributed by atoms with Crippen molar-refractivity contribution in [3.8, 4) is 28.3 Å². The van der Waals surface area contributed by atoms with Gasteiger partial charge < -0.3 is 26.2 Å². The zero-order valence-corrected chi connectivity index (χ0v) is 17.5. The van der Waals surface area contributed by atoms with E-state index in [4.69, 9.17) is 16.2 Å². The summed E-state index contributed by atoms with van der Waals surface area (Å²) in [5.74, 6) is -1.12. The highest BCUT2D eigenvalue weighted by atomic mass is 19.1. The molecule has 3 aromatic rings. The number of aliphatic hydroxyl groups is 1. The number of benzene rings is 2. The molecule has 1 aromatic heterocycles. The maximum Gasteiger partial charge on any atom is 0.268 e. The summed E-state index contributed by atoms with van der Waals surface area (Å²) in [6.45, 7) is 0.507. The molecule has 1 aliphatic heterocycles. The monoisotopic (exact) mass is 437 g/mol. The summed E-state index contributed by atoms with van der Waals surface area (Å²) in [6.07, 6.45) is 2.10. The highest BCUT2D eigenvalue weighted by Crippen LogP contribution is 2.37. The number of nitrogens with zero attached hydrogens (tertiary/aromatic N) is 3. The number of hydrogen-bond donors (Lipinski definition) is 3. The van der Waals surface area contributed by atoms with Crippen LogP contribution in [0.2, 0.25) is 0 Å². The van der Waals surface area contributed by atoms with E-state index in [9.17, 15) is 14.3 Å². The number of anilines is 1. The molecule has 1 aliphatic rings. The quantitative estimate of drug-likeness (QED) is 0.538. The molecule has 0 unspecified atom stereocenters. The number of primary amides is 1. The van der Waals surface area contributed by atoms with Crippen molar-refractivity contribution in [1.29, 1.82) is 0 Å². The summed E-state index contributed by atoms with van der Waals surface area (Å²) in [5.41, 5.74) is 13.6. The van der Waals surface area contributed by atoms with Gasteiger partial charge in [0.2, 0.25) is 0 Å². The topological polar surface area (TPSA) is 128 Å². The van der Waals surface area contributed by atoms with Crippen molar-refractivity contribution in [3.05, 3.63) is 60.2 Å². The highest BCUT2D eigenvalue weighted by Gasteiger charge is 2.31. The standard InChI is InChI=1S/C23H24FN5O3/c1-32-19-8-4-6-17(24)20(19)23-27-10-16(21(28-23)22(26)31)15-5-2-3-7-18(15)29-11-13(25)9-14(29)12-30/h2-8,10,13-14,30H,9,11-12,25H2,1H3,(H2,26,31)/t13-,14-/m0/s1. The smallest absolute Gasteiger partial charge is 0.268 e. The van der Waals surface area contributed by atoms with Crippen LogP contribution < -0.4 is 21.1 Å². The molecular weight excluding hydrogens is 413 g/mol. The number of halogens is 1. The fourth-order valence-electron chi connectivity index (χ4n) is 4.15. The third kappa shape index (κ3) is 3.88. The van der Waals surface area contributed by atoms with Gasteiger partial charge in [-0.05, 0) is 24.6 Å². The molecule has 4 rings (SSSR count). The molecular formula is C23H24FN5O3. The van der Waals surface area contributed by atoms with Crippen molar-refractivity contribution in [1.82, 2.24) is 9.97 Å². The Labute approximate surface area is 184 Å². The fourth-order valence-corrected chi connectivity index (χ4v) is 4.15. The molecule has 2 aromatic carbocycles. The van der Waals surface area contributed by atoms with E-state index in [-0.39, 0.29) is 41.5 Å². The van der Waals surface area contributed by atoms with E-state index in [2.05, 4.69) is 9.97 Å². The van der Waals surface area contributed by atoms with E-state index >= 15 is 0 Å². The number of amides is 1. The first-order valence-electron chi connectivity index (χ1n) is 10.2. The number of carbonyl (C=O) groups excluding carboxylic acids is 1. The molecule has 0 radical (unpaired) electrons. The van der Waals surface area contributed by atoms with Gasteiger partial charge in [0.15, 0.2) is 5.82 Å². The first-order valence-corrected chi connectivity index (χ1v) is 10.2. The third-order valence-electron chi connectivity index (χ3n) is 5.60. The SMILES string of the molecule is COc1cccc(F)c1-c1ncc(-c2ccccc2N2C[C@@H](N)C[C@H]2CO)c(C(N)=O)n1. The average molecular weight is 437 g/mol. The van der Waals surface area contributed by atoms with Gasteiger partial charge in [0, 0.05) is 35.6 Å². The van der Waals surface area contributed by atoms with Crippen molar-refractivity contribution >= 4 is 11.6 Å². The van der Waals surface area contributed by atoms with Gasteiger partial charge in [0.05, 0.1) is 25.3 Å². The van der Waals surface area contributed by atoms with Crippen LogP contribution in [0.15, 0.2) is 48.7 Å². The molecule has 1 amide bonds. The molecule has 0 aliphatic carbocycles. The average Bonchev–Trinajstić information content (AvgIpc) is 3.19. The number of para-hydroxylation sites is 1. The Hall–Kier alpha value is -3.56. The van der Waals surface area contributed by atoms with E-state index < -0.39 is 11.7 Å². The molecule has 166 valence electrons. The molecule has 0 spiro atoms.